The minimum absolute atomic E-state index is 0.203. The fraction of sp³-hybridized carbons (Fsp3) is 0.300. The second-order valence-electron chi connectivity index (χ2n) is 6.22. The van der Waals surface area contributed by atoms with E-state index < -0.39 is 8.96 Å². The number of nitrogens with zero attached hydrogens (tertiary/aromatic N) is 2. The number of benzene rings is 2. The highest BCUT2D eigenvalue weighted by Gasteiger charge is 2.10. The lowest BCUT2D eigenvalue weighted by molar-refractivity contribution is 0.0981. The molecule has 0 aromatic heterocycles. The lowest BCUT2D eigenvalue weighted by Crippen LogP contribution is -2.26. The van der Waals surface area contributed by atoms with Gasteiger partial charge in [0, 0.05) is 19.0 Å². The maximum absolute atomic E-state index is 12.2. The summed E-state index contributed by atoms with van der Waals surface area (Å²) in [6.07, 6.45) is 2.18. The van der Waals surface area contributed by atoms with Gasteiger partial charge in [0.2, 0.25) is 0 Å². The largest absolute Gasteiger partial charge is 0.331 e. The molecule has 0 atom stereocenters. The van der Waals surface area contributed by atoms with Gasteiger partial charge in [0.25, 0.3) is 0 Å². The van der Waals surface area contributed by atoms with Crippen molar-refractivity contribution in [2.75, 3.05) is 7.05 Å². The van der Waals surface area contributed by atoms with Crippen LogP contribution >= 0.6 is 0 Å². The predicted molar refractivity (Wildman–Crippen MR) is 104 cm³/mol. The summed E-state index contributed by atoms with van der Waals surface area (Å²) in [7, 11) is 1.08. The van der Waals surface area contributed by atoms with Crippen molar-refractivity contribution in [3.8, 4) is 0 Å². The first-order chi connectivity index (χ1) is 11.6. The maximum atomic E-state index is 12.2. The Kier molecular flexibility index (Phi) is 6.94. The van der Waals surface area contributed by atoms with E-state index in [-0.39, 0.29) is 5.78 Å². The Labute approximate surface area is 146 Å². The fourth-order valence-corrected chi connectivity index (χ4v) is 2.74. The summed E-state index contributed by atoms with van der Waals surface area (Å²) in [5, 5.41) is 4.82. The fourth-order valence-electron chi connectivity index (χ4n) is 2.37. The Hall–Kier alpha value is -2.20. The highest BCUT2D eigenvalue weighted by atomic mass is 28.3. The first kappa shape index (κ1) is 18.1. The van der Waals surface area contributed by atoms with Crippen LogP contribution < -0.4 is 0 Å². The van der Waals surface area contributed by atoms with Crippen LogP contribution in [-0.2, 0) is 0 Å². The average Bonchev–Trinajstić information content (AvgIpc) is 2.62. The van der Waals surface area contributed by atoms with Crippen molar-refractivity contribution in [2.24, 2.45) is 5.10 Å². The Morgan fingerprint density at radius 2 is 1.46 bits per heavy atom. The van der Waals surface area contributed by atoms with Crippen LogP contribution in [0.4, 0.5) is 0 Å². The van der Waals surface area contributed by atoms with E-state index in [4.69, 9.17) is 5.10 Å². The lowest BCUT2D eigenvalue weighted by atomic mass is 10.0. The van der Waals surface area contributed by atoms with E-state index in [0.29, 0.717) is 6.42 Å². The highest BCUT2D eigenvalue weighted by molar-refractivity contribution is 6.52. The quantitative estimate of drug-likeness (QED) is 0.310. The zero-order valence-electron chi connectivity index (χ0n) is 14.8. The number of carbonyl (C=O) groups excluding carboxylic acids is 1. The molecule has 24 heavy (non-hydrogen) atoms. The van der Waals surface area contributed by atoms with Crippen LogP contribution in [0.5, 0.6) is 0 Å². The Balaban J connectivity index is 2.02. The van der Waals surface area contributed by atoms with E-state index in [1.54, 1.807) is 0 Å². The summed E-state index contributed by atoms with van der Waals surface area (Å²) < 4.78 is 2.11. The smallest absolute Gasteiger partial charge is 0.162 e. The summed E-state index contributed by atoms with van der Waals surface area (Å²) in [5.41, 5.74) is 3.01. The van der Waals surface area contributed by atoms with Gasteiger partial charge in [-0.3, -0.25) is 4.79 Å². The molecule has 2 aromatic carbocycles. The molecule has 0 spiro atoms. The van der Waals surface area contributed by atoms with Crippen LogP contribution in [-0.4, -0.2) is 32.2 Å². The predicted octanol–water partition coefficient (Wildman–Crippen LogP) is 4.36. The molecule has 0 fully saturated rings. The van der Waals surface area contributed by atoms with Crippen LogP contribution in [0.2, 0.25) is 13.1 Å². The van der Waals surface area contributed by atoms with Gasteiger partial charge in [-0.15, -0.1) is 0 Å². The minimum Gasteiger partial charge on any atom is -0.331 e. The third kappa shape index (κ3) is 5.46. The van der Waals surface area contributed by atoms with Gasteiger partial charge in [0.05, 0.1) is 5.71 Å². The van der Waals surface area contributed by atoms with Crippen LogP contribution in [0.1, 0.15) is 35.2 Å². The molecule has 0 N–H and O–H groups in total. The summed E-state index contributed by atoms with van der Waals surface area (Å²) in [6.45, 7) is 4.51. The number of ketones is 1. The number of hydrogen-bond donors (Lipinski definition) is 0. The molecule has 0 aliphatic rings. The number of hydrogen-bond acceptors (Lipinski definition) is 3. The SMILES string of the molecule is CN(N=C(CCCC(=O)c1ccccc1)c1ccccc1)[SiH](C)C. The molecule has 0 heterocycles. The standard InChI is InChI=1S/C20H26N2OSi/c1-22(24(2)3)21-19(17-11-6-4-7-12-17)15-10-16-20(23)18-13-8-5-9-14-18/h4-9,11-14,24H,10,15-16H2,1-3H3. The van der Waals surface area contributed by atoms with Crippen LogP contribution in [0, 0.1) is 0 Å². The maximum Gasteiger partial charge on any atom is 0.162 e. The van der Waals surface area contributed by atoms with Crippen molar-refractivity contribution < 1.29 is 4.79 Å². The van der Waals surface area contributed by atoms with Gasteiger partial charge < -0.3 is 4.67 Å². The van der Waals surface area contributed by atoms with E-state index in [1.165, 1.54) is 0 Å². The van der Waals surface area contributed by atoms with E-state index in [1.807, 2.05) is 48.5 Å². The van der Waals surface area contributed by atoms with E-state index in [9.17, 15) is 4.79 Å². The minimum atomic E-state index is -0.968. The number of carbonyl (C=O) groups is 1. The Bertz CT molecular complexity index is 669. The Morgan fingerprint density at radius 1 is 0.917 bits per heavy atom. The topological polar surface area (TPSA) is 32.7 Å². The van der Waals surface area contributed by atoms with Gasteiger partial charge in [0.1, 0.15) is 0 Å². The molecule has 0 aliphatic heterocycles. The molecule has 2 rings (SSSR count). The third-order valence-electron chi connectivity index (χ3n) is 4.05. The van der Waals surface area contributed by atoms with Crippen molar-refractivity contribution in [1.82, 2.24) is 4.67 Å². The summed E-state index contributed by atoms with van der Waals surface area (Å²) in [5.74, 6) is 0.203. The van der Waals surface area contributed by atoms with E-state index in [2.05, 4.69) is 36.9 Å². The summed E-state index contributed by atoms with van der Waals surface area (Å²) in [6, 6.07) is 19.8. The zero-order chi connectivity index (χ0) is 17.4. The lowest BCUT2D eigenvalue weighted by Gasteiger charge is -2.19. The molecular formula is C20H26N2OSi. The number of hydrazone groups is 1. The van der Waals surface area contributed by atoms with Gasteiger partial charge in [-0.05, 0) is 18.4 Å². The van der Waals surface area contributed by atoms with Gasteiger partial charge in [-0.1, -0.05) is 73.8 Å². The number of Topliss-reactive ketones (excluding diaryl/α,β-unsaturated/α-hetero) is 1. The van der Waals surface area contributed by atoms with Crippen molar-refractivity contribution in [3.63, 3.8) is 0 Å². The molecule has 0 radical (unpaired) electrons. The van der Waals surface area contributed by atoms with Crippen LogP contribution in [0.15, 0.2) is 65.8 Å². The molecule has 2 aromatic rings. The molecule has 0 saturated heterocycles. The molecule has 0 aliphatic carbocycles. The molecule has 4 heteroatoms. The zero-order valence-corrected chi connectivity index (χ0v) is 15.9. The number of rotatable bonds is 8. The van der Waals surface area contributed by atoms with Crippen molar-refractivity contribution in [1.29, 1.82) is 0 Å². The monoisotopic (exact) mass is 338 g/mol. The molecule has 0 bridgehead atoms. The Morgan fingerprint density at radius 3 is 2.00 bits per heavy atom. The molecule has 0 saturated carbocycles. The first-order valence-corrected chi connectivity index (χ1v) is 11.3. The normalized spacial score (nSPS) is 11.6. The summed E-state index contributed by atoms with van der Waals surface area (Å²) in [4.78, 5) is 12.2. The van der Waals surface area contributed by atoms with Gasteiger partial charge >= 0.3 is 0 Å². The van der Waals surface area contributed by atoms with Gasteiger partial charge in [-0.2, -0.15) is 5.10 Å². The van der Waals surface area contributed by atoms with Gasteiger partial charge in [0.15, 0.2) is 14.7 Å². The van der Waals surface area contributed by atoms with E-state index >= 15 is 0 Å². The summed E-state index contributed by atoms with van der Waals surface area (Å²) >= 11 is 0. The first-order valence-electron chi connectivity index (χ1n) is 8.52. The van der Waals surface area contributed by atoms with Crippen molar-refractivity contribution in [2.45, 2.75) is 32.4 Å². The highest BCUT2D eigenvalue weighted by Crippen LogP contribution is 2.12. The molecule has 0 amide bonds. The van der Waals surface area contributed by atoms with Gasteiger partial charge in [-0.25, -0.2) is 0 Å². The average molecular weight is 339 g/mol. The molecule has 0 unspecified atom stereocenters. The van der Waals surface area contributed by atoms with Crippen molar-refractivity contribution >= 4 is 20.5 Å². The van der Waals surface area contributed by atoms with E-state index in [0.717, 1.165) is 29.7 Å². The molecule has 3 nitrogen and oxygen atoms in total. The molecular weight excluding hydrogens is 312 g/mol. The molecule has 126 valence electrons. The van der Waals surface area contributed by atoms with Crippen molar-refractivity contribution in [3.05, 3.63) is 71.8 Å². The second-order valence-corrected chi connectivity index (χ2v) is 9.16. The second kappa shape index (κ2) is 9.18. The van der Waals surface area contributed by atoms with Crippen LogP contribution in [0.3, 0.4) is 0 Å². The third-order valence-corrected chi connectivity index (χ3v) is 5.66. The van der Waals surface area contributed by atoms with Crippen LogP contribution in [0.25, 0.3) is 0 Å².